The third kappa shape index (κ3) is 13.6. The zero-order valence-electron chi connectivity index (χ0n) is 35.7. The second-order valence-corrected chi connectivity index (χ2v) is 16.0. The third-order valence-corrected chi connectivity index (χ3v) is 10.7. The molecule has 326 valence electrons. The van der Waals surface area contributed by atoms with E-state index in [-0.39, 0.29) is 45.2 Å². The predicted molar refractivity (Wildman–Crippen MR) is 240 cm³/mol. The highest BCUT2D eigenvalue weighted by atomic mass is 16.8. The Balaban J connectivity index is 1.04. The summed E-state index contributed by atoms with van der Waals surface area (Å²) in [5.41, 5.74) is 2.36. The van der Waals surface area contributed by atoms with Crippen LogP contribution < -0.4 is 9.31 Å². The van der Waals surface area contributed by atoms with Crippen molar-refractivity contribution in [3.8, 4) is 11.5 Å². The quantitative estimate of drug-likeness (QED) is 0.0516. The van der Waals surface area contributed by atoms with Gasteiger partial charge in [0.2, 0.25) is 0 Å². The number of ether oxygens (including phenoxy) is 2. The van der Waals surface area contributed by atoms with E-state index in [1.807, 2.05) is 128 Å². The van der Waals surface area contributed by atoms with Gasteiger partial charge in [-0.05, 0) is 61.1 Å². The Labute approximate surface area is 370 Å². The summed E-state index contributed by atoms with van der Waals surface area (Å²) in [7, 11) is -3.31. The number of para-hydroxylation sites is 2. The van der Waals surface area contributed by atoms with Crippen molar-refractivity contribution in [2.45, 2.75) is 58.0 Å². The first-order valence-electron chi connectivity index (χ1n) is 21.7. The van der Waals surface area contributed by atoms with Gasteiger partial charge in [0, 0.05) is 61.6 Å². The van der Waals surface area contributed by atoms with Gasteiger partial charge in [0.1, 0.15) is 22.5 Å². The molecule has 6 aromatic rings. The first-order chi connectivity index (χ1) is 31.0. The van der Waals surface area contributed by atoms with Crippen LogP contribution in [0.4, 0.5) is 0 Å². The summed E-state index contributed by atoms with van der Waals surface area (Å²) >= 11 is 0. The van der Waals surface area contributed by atoms with Gasteiger partial charge in [-0.25, -0.2) is 0 Å². The molecule has 2 aromatic heterocycles. The molecule has 0 spiro atoms. The third-order valence-electron chi connectivity index (χ3n) is 10.7. The number of benzene rings is 4. The van der Waals surface area contributed by atoms with E-state index in [9.17, 15) is 0 Å². The van der Waals surface area contributed by atoms with Crippen LogP contribution in [0.25, 0.3) is 21.8 Å². The number of pyridine rings is 2. The van der Waals surface area contributed by atoms with Gasteiger partial charge >= 0.3 is 22.0 Å². The molecule has 0 amide bonds. The lowest BCUT2D eigenvalue weighted by molar-refractivity contribution is -0.0311. The van der Waals surface area contributed by atoms with E-state index >= 15 is 0 Å². The molecular formula is C47H53B3N2O11. The molecule has 0 radical (unpaired) electrons. The topological polar surface area (TPSA) is 127 Å². The molecule has 2 fully saturated rings. The van der Waals surface area contributed by atoms with E-state index in [2.05, 4.69) is 9.97 Å². The molecule has 0 aliphatic carbocycles. The van der Waals surface area contributed by atoms with E-state index in [1.54, 1.807) is 12.4 Å². The Morgan fingerprint density at radius 3 is 1.41 bits per heavy atom. The molecule has 8 rings (SSSR count). The fourth-order valence-corrected chi connectivity index (χ4v) is 7.26. The summed E-state index contributed by atoms with van der Waals surface area (Å²) in [5.74, 6) is 0.962. The molecule has 0 bridgehead atoms. The summed E-state index contributed by atoms with van der Waals surface area (Å²) in [4.78, 5) is 9.21. The van der Waals surface area contributed by atoms with Crippen LogP contribution in [-0.4, -0.2) is 90.4 Å². The number of hydrogen-bond donors (Lipinski definition) is 0. The lowest BCUT2D eigenvalue weighted by Gasteiger charge is -2.32. The maximum Gasteiger partial charge on any atom is 0.788 e. The van der Waals surface area contributed by atoms with Crippen molar-refractivity contribution in [2.24, 2.45) is 5.41 Å². The molecular weight excluding hydrogens is 801 g/mol. The van der Waals surface area contributed by atoms with Gasteiger partial charge < -0.3 is 51.4 Å². The lowest BCUT2D eigenvalue weighted by atomic mass is 9.92. The monoisotopic (exact) mass is 854 g/mol. The van der Waals surface area contributed by atoms with Crippen molar-refractivity contribution in [1.29, 1.82) is 0 Å². The molecule has 13 nitrogen and oxygen atoms in total. The smallest absolute Gasteiger partial charge is 0.499 e. The van der Waals surface area contributed by atoms with Crippen LogP contribution in [0.1, 0.15) is 43.7 Å². The van der Waals surface area contributed by atoms with E-state index in [0.29, 0.717) is 49.0 Å². The number of nitrogens with zero attached hydrogens (tertiary/aromatic N) is 2. The zero-order chi connectivity index (χ0) is 42.9. The van der Waals surface area contributed by atoms with Gasteiger partial charge in [0.15, 0.2) is 0 Å². The summed E-state index contributed by atoms with van der Waals surface area (Å²) in [6.45, 7) is 4.71. The van der Waals surface area contributed by atoms with Crippen molar-refractivity contribution < 1.29 is 51.4 Å². The molecule has 3 atom stereocenters. The summed E-state index contributed by atoms with van der Waals surface area (Å²) < 4.78 is 69.5. The molecule has 4 heterocycles. The van der Waals surface area contributed by atoms with Gasteiger partial charge in [0.05, 0.1) is 38.6 Å². The molecule has 2 aliphatic rings. The van der Waals surface area contributed by atoms with E-state index < -0.39 is 27.4 Å². The zero-order valence-corrected chi connectivity index (χ0v) is 35.7. The Morgan fingerprint density at radius 2 is 0.952 bits per heavy atom. The number of fused-ring (bicyclic) bond motifs is 2. The average molecular weight is 854 g/mol. The van der Waals surface area contributed by atoms with Crippen LogP contribution in [0.2, 0.25) is 0 Å². The molecule has 16 heteroatoms. The fourth-order valence-electron chi connectivity index (χ4n) is 7.26. The van der Waals surface area contributed by atoms with Crippen LogP contribution in [0.5, 0.6) is 11.5 Å². The Morgan fingerprint density at radius 1 is 0.508 bits per heavy atom. The van der Waals surface area contributed by atoms with Crippen molar-refractivity contribution in [3.63, 3.8) is 0 Å². The summed E-state index contributed by atoms with van der Waals surface area (Å²) in [5, 5.41) is 1.81. The standard InChI is InChI=1S/C47H53B3N2O11/c1-47(35-60-49(57-32-41-22-12-28-53-41)58-33-42-23-13-29-54-42,34-59-48(55-30-37-14-4-2-5-15-37)56-31-38-16-6-3-7-17-38)36-61-50(62-43-24-8-18-39-20-10-26-51-45(39)43)63-44-25-9-19-40-21-11-27-52-46(40)44/h2-11,14-21,24-27,41-42H,12-13,22-23,28-36H2,1H3. The molecule has 2 aliphatic heterocycles. The van der Waals surface area contributed by atoms with Crippen LogP contribution in [-0.2, 0) is 55.3 Å². The SMILES string of the molecule is CC(COB(OCc1ccccc1)OCc1ccccc1)(COB(OCC1CCCO1)OCC1CCCO1)COB(Oc1cccc2cccnc12)Oc1cccc2cccnc12. The van der Waals surface area contributed by atoms with Crippen molar-refractivity contribution in [3.05, 3.63) is 145 Å². The Kier molecular flexibility index (Phi) is 16.5. The largest absolute Gasteiger partial charge is 0.788 e. The molecule has 63 heavy (non-hydrogen) atoms. The van der Waals surface area contributed by atoms with Crippen molar-refractivity contribution in [2.75, 3.05) is 46.2 Å². The Bertz CT molecular complexity index is 2120. The predicted octanol–water partition coefficient (Wildman–Crippen LogP) is 8.08. The molecule has 0 saturated carbocycles. The first kappa shape index (κ1) is 44.7. The molecule has 2 saturated heterocycles. The van der Waals surface area contributed by atoms with Crippen LogP contribution in [0.3, 0.4) is 0 Å². The van der Waals surface area contributed by atoms with Crippen LogP contribution in [0.15, 0.2) is 134 Å². The highest BCUT2D eigenvalue weighted by Gasteiger charge is 2.39. The number of rotatable bonds is 25. The maximum absolute atomic E-state index is 6.66. The second kappa shape index (κ2) is 23.2. The minimum Gasteiger partial charge on any atom is -0.499 e. The van der Waals surface area contributed by atoms with Gasteiger partial charge in [-0.15, -0.1) is 0 Å². The summed E-state index contributed by atoms with van der Waals surface area (Å²) in [6.07, 6.45) is 7.16. The summed E-state index contributed by atoms with van der Waals surface area (Å²) in [6, 6.07) is 38.9. The van der Waals surface area contributed by atoms with Gasteiger partial charge in [0.25, 0.3) is 0 Å². The minimum atomic E-state index is -1.26. The van der Waals surface area contributed by atoms with Gasteiger partial charge in [-0.2, -0.15) is 0 Å². The lowest BCUT2D eigenvalue weighted by Crippen LogP contribution is -2.45. The van der Waals surface area contributed by atoms with Crippen molar-refractivity contribution >= 4 is 43.8 Å². The Hall–Kier alpha value is -4.87. The fraction of sp³-hybridized carbons (Fsp3) is 0.362. The molecule has 4 aromatic carbocycles. The van der Waals surface area contributed by atoms with Crippen LogP contribution in [0, 0.1) is 5.41 Å². The minimum absolute atomic E-state index is 0.0162. The maximum atomic E-state index is 6.66. The highest BCUT2D eigenvalue weighted by molar-refractivity contribution is 6.39. The van der Waals surface area contributed by atoms with Gasteiger partial charge in [-0.3, -0.25) is 9.97 Å². The highest BCUT2D eigenvalue weighted by Crippen LogP contribution is 2.29. The normalized spacial score (nSPS) is 17.2. The second-order valence-electron chi connectivity index (χ2n) is 16.0. The van der Waals surface area contributed by atoms with Crippen LogP contribution >= 0.6 is 0 Å². The molecule has 0 N–H and O–H groups in total. The van der Waals surface area contributed by atoms with E-state index in [4.69, 9.17) is 51.4 Å². The molecule has 3 unspecified atom stereocenters. The van der Waals surface area contributed by atoms with Gasteiger partial charge in [-0.1, -0.05) is 104 Å². The average Bonchev–Trinajstić information content (AvgIpc) is 4.07. The van der Waals surface area contributed by atoms with E-state index in [0.717, 1.165) is 47.6 Å². The number of aromatic nitrogens is 2. The van der Waals surface area contributed by atoms with E-state index in [1.165, 1.54) is 0 Å². The first-order valence-corrected chi connectivity index (χ1v) is 21.7. The van der Waals surface area contributed by atoms with Crippen molar-refractivity contribution in [1.82, 2.24) is 9.97 Å². The number of hydrogen-bond acceptors (Lipinski definition) is 13.